The van der Waals surface area contributed by atoms with Crippen molar-refractivity contribution in [3.63, 3.8) is 0 Å². The first kappa shape index (κ1) is 17.0. The normalized spacial score (nSPS) is 11.5. The number of Topliss-reactive ketones (excluding diaryl/α,β-unsaturated/α-hetero) is 1. The Bertz CT molecular complexity index is 779. The van der Waals surface area contributed by atoms with Gasteiger partial charge >= 0.3 is 6.36 Å². The van der Waals surface area contributed by atoms with Crippen LogP contribution in [0.4, 0.5) is 18.9 Å². The van der Waals surface area contributed by atoms with Gasteiger partial charge in [0.25, 0.3) is 0 Å². The van der Waals surface area contributed by atoms with Gasteiger partial charge in [-0.05, 0) is 36.4 Å². The molecule has 0 saturated carbocycles. The van der Waals surface area contributed by atoms with E-state index in [4.69, 9.17) is 5.26 Å². The van der Waals surface area contributed by atoms with Gasteiger partial charge in [-0.3, -0.25) is 9.78 Å². The third kappa shape index (κ3) is 4.84. The number of alkyl halides is 3. The van der Waals surface area contributed by atoms with Gasteiger partial charge in [-0.2, -0.15) is 5.26 Å². The molecule has 2 aromatic rings. The first-order chi connectivity index (χ1) is 11.4. The van der Waals surface area contributed by atoms with Crippen molar-refractivity contribution in [2.24, 2.45) is 0 Å². The van der Waals surface area contributed by atoms with Crippen molar-refractivity contribution in [1.29, 1.82) is 5.26 Å². The van der Waals surface area contributed by atoms with E-state index >= 15 is 0 Å². The third-order valence-electron chi connectivity index (χ3n) is 2.76. The smallest absolute Gasteiger partial charge is 0.406 e. The zero-order valence-corrected chi connectivity index (χ0v) is 12.0. The first-order valence-corrected chi connectivity index (χ1v) is 6.56. The van der Waals surface area contributed by atoms with Gasteiger partial charge in [-0.1, -0.05) is 0 Å². The molecule has 0 radical (unpaired) electrons. The highest BCUT2D eigenvalue weighted by Gasteiger charge is 2.31. The Hall–Kier alpha value is -3.34. The lowest BCUT2D eigenvalue weighted by atomic mass is 10.1. The fourth-order valence-electron chi connectivity index (χ4n) is 1.72. The second kappa shape index (κ2) is 7.28. The third-order valence-corrected chi connectivity index (χ3v) is 2.76. The number of rotatable bonds is 5. The van der Waals surface area contributed by atoms with Gasteiger partial charge in [0.15, 0.2) is 0 Å². The number of nitriles is 1. The van der Waals surface area contributed by atoms with Gasteiger partial charge < -0.3 is 10.1 Å². The van der Waals surface area contributed by atoms with E-state index in [1.807, 2.05) is 0 Å². The molecule has 0 spiro atoms. The molecule has 1 aromatic heterocycles. The molecule has 2 rings (SSSR count). The van der Waals surface area contributed by atoms with Crippen molar-refractivity contribution in [1.82, 2.24) is 4.98 Å². The van der Waals surface area contributed by atoms with E-state index in [0.29, 0.717) is 5.69 Å². The summed E-state index contributed by atoms with van der Waals surface area (Å²) in [6, 6.07) is 9.41. The Morgan fingerprint density at radius 1 is 1.25 bits per heavy atom. The summed E-state index contributed by atoms with van der Waals surface area (Å²) in [6.45, 7) is 0. The minimum atomic E-state index is -4.81. The summed E-state index contributed by atoms with van der Waals surface area (Å²) in [5.41, 5.74) is 0.431. The minimum absolute atomic E-state index is 0.0605. The quantitative estimate of drug-likeness (QED) is 0.513. The maximum Gasteiger partial charge on any atom is 0.573 e. The maximum absolute atomic E-state index is 12.2. The Labute approximate surface area is 135 Å². The van der Waals surface area contributed by atoms with Crippen LogP contribution < -0.4 is 10.1 Å². The lowest BCUT2D eigenvalue weighted by Gasteiger charge is -2.09. The van der Waals surface area contributed by atoms with Crippen molar-refractivity contribution in [2.75, 3.05) is 5.32 Å². The number of carbonyl (C=O) groups excluding carboxylic acids is 1. The van der Waals surface area contributed by atoms with Gasteiger partial charge in [-0.25, -0.2) is 0 Å². The predicted octanol–water partition coefficient (Wildman–Crippen LogP) is 3.68. The first-order valence-electron chi connectivity index (χ1n) is 6.56. The van der Waals surface area contributed by atoms with E-state index in [1.54, 1.807) is 24.4 Å². The Kier molecular flexibility index (Phi) is 5.16. The minimum Gasteiger partial charge on any atom is -0.406 e. The summed E-state index contributed by atoms with van der Waals surface area (Å²) in [7, 11) is 0. The molecule has 0 saturated heterocycles. The van der Waals surface area contributed by atoms with Gasteiger partial charge in [0, 0.05) is 18.0 Å². The molecule has 1 heterocycles. The number of ether oxygens (including phenoxy) is 1. The van der Waals surface area contributed by atoms with Gasteiger partial charge in [0.2, 0.25) is 5.78 Å². The lowest BCUT2D eigenvalue weighted by molar-refractivity contribution is -0.274. The fourth-order valence-corrected chi connectivity index (χ4v) is 1.72. The second-order valence-electron chi connectivity index (χ2n) is 4.46. The molecule has 0 bridgehead atoms. The Morgan fingerprint density at radius 3 is 2.50 bits per heavy atom. The zero-order valence-electron chi connectivity index (χ0n) is 12.0. The standard InChI is InChI=1S/C16H10F3N3O2/c17-16(18,19)24-14-5-3-11(4-6-14)15(23)12(8-20)9-22-13-2-1-7-21-10-13/h1-7,9-10,22H. The van der Waals surface area contributed by atoms with E-state index in [2.05, 4.69) is 15.0 Å². The SMILES string of the molecule is N#CC(=CNc1cccnc1)C(=O)c1ccc(OC(F)(F)F)cc1. The average Bonchev–Trinajstić information content (AvgIpc) is 2.55. The van der Waals surface area contributed by atoms with Crippen LogP contribution in [0.1, 0.15) is 10.4 Å². The van der Waals surface area contributed by atoms with E-state index < -0.39 is 17.9 Å². The number of hydrogen-bond acceptors (Lipinski definition) is 5. The topological polar surface area (TPSA) is 75.0 Å². The molecule has 0 aliphatic rings. The van der Waals surface area contributed by atoms with Gasteiger partial charge in [0.1, 0.15) is 17.4 Å². The summed E-state index contributed by atoms with van der Waals surface area (Å²) in [4.78, 5) is 16.0. The predicted molar refractivity (Wildman–Crippen MR) is 79.0 cm³/mol. The maximum atomic E-state index is 12.2. The van der Waals surface area contributed by atoms with Crippen molar-refractivity contribution in [2.45, 2.75) is 6.36 Å². The molecule has 8 heteroatoms. The van der Waals surface area contributed by atoms with Crippen molar-refractivity contribution in [3.05, 3.63) is 66.1 Å². The lowest BCUT2D eigenvalue weighted by Crippen LogP contribution is -2.17. The number of nitrogens with zero attached hydrogens (tertiary/aromatic N) is 2. The van der Waals surface area contributed by atoms with Gasteiger partial charge in [0.05, 0.1) is 11.9 Å². The highest BCUT2D eigenvalue weighted by molar-refractivity contribution is 6.11. The molecule has 0 aliphatic heterocycles. The molecule has 0 atom stereocenters. The molecule has 0 unspecified atom stereocenters. The summed E-state index contributed by atoms with van der Waals surface area (Å²) < 4.78 is 40.0. The van der Waals surface area contributed by atoms with E-state index in [9.17, 15) is 18.0 Å². The Morgan fingerprint density at radius 2 is 1.96 bits per heavy atom. The number of anilines is 1. The van der Waals surface area contributed by atoms with Crippen LogP contribution in [0, 0.1) is 11.3 Å². The van der Waals surface area contributed by atoms with E-state index in [1.165, 1.54) is 12.4 Å². The number of hydrogen-bond donors (Lipinski definition) is 1. The molecule has 1 aromatic carbocycles. The number of pyridine rings is 1. The number of ketones is 1. The van der Waals surface area contributed by atoms with Crippen molar-refractivity contribution >= 4 is 11.5 Å². The number of benzene rings is 1. The van der Waals surface area contributed by atoms with Crippen LogP contribution >= 0.6 is 0 Å². The molecule has 24 heavy (non-hydrogen) atoms. The number of nitrogens with one attached hydrogen (secondary N) is 1. The van der Waals surface area contributed by atoms with Crippen LogP contribution in [-0.4, -0.2) is 17.1 Å². The second-order valence-corrected chi connectivity index (χ2v) is 4.46. The molecular weight excluding hydrogens is 323 g/mol. The average molecular weight is 333 g/mol. The van der Waals surface area contributed by atoms with Crippen LogP contribution in [0.2, 0.25) is 0 Å². The highest BCUT2D eigenvalue weighted by atomic mass is 19.4. The number of allylic oxidation sites excluding steroid dienone is 1. The van der Waals surface area contributed by atoms with E-state index in [-0.39, 0.29) is 11.1 Å². The van der Waals surface area contributed by atoms with Crippen LogP contribution in [-0.2, 0) is 0 Å². The summed E-state index contributed by atoms with van der Waals surface area (Å²) in [6.07, 6.45) is -0.536. The monoisotopic (exact) mass is 333 g/mol. The van der Waals surface area contributed by atoms with Crippen LogP contribution in [0.15, 0.2) is 60.6 Å². The highest BCUT2D eigenvalue weighted by Crippen LogP contribution is 2.23. The molecule has 5 nitrogen and oxygen atoms in total. The number of halogens is 3. The fraction of sp³-hybridized carbons (Fsp3) is 0.0625. The number of carbonyl (C=O) groups is 1. The van der Waals surface area contributed by atoms with Crippen LogP contribution in [0.3, 0.4) is 0 Å². The van der Waals surface area contributed by atoms with E-state index in [0.717, 1.165) is 24.3 Å². The molecule has 0 fully saturated rings. The van der Waals surface area contributed by atoms with Crippen molar-refractivity contribution in [3.8, 4) is 11.8 Å². The van der Waals surface area contributed by atoms with Crippen LogP contribution in [0.5, 0.6) is 5.75 Å². The van der Waals surface area contributed by atoms with Crippen LogP contribution in [0.25, 0.3) is 0 Å². The number of aromatic nitrogens is 1. The Balaban J connectivity index is 2.12. The zero-order chi connectivity index (χ0) is 17.6. The van der Waals surface area contributed by atoms with Gasteiger partial charge in [-0.15, -0.1) is 13.2 Å². The summed E-state index contributed by atoms with van der Waals surface area (Å²) >= 11 is 0. The summed E-state index contributed by atoms with van der Waals surface area (Å²) in [5.74, 6) is -1.08. The largest absolute Gasteiger partial charge is 0.573 e. The molecule has 122 valence electrons. The molecule has 1 N–H and O–H groups in total. The molecular formula is C16H10F3N3O2. The van der Waals surface area contributed by atoms with Crippen molar-refractivity contribution < 1.29 is 22.7 Å². The summed E-state index contributed by atoms with van der Waals surface area (Å²) in [5, 5.41) is 11.8. The molecule has 0 aliphatic carbocycles. The molecule has 0 amide bonds.